The number of ketones is 1. The maximum atomic E-state index is 13.1. The van der Waals surface area contributed by atoms with Crippen LogP contribution in [0.2, 0.25) is 5.02 Å². The zero-order valence-electron chi connectivity index (χ0n) is 21.1. The van der Waals surface area contributed by atoms with E-state index in [1.807, 2.05) is 31.2 Å². The lowest BCUT2D eigenvalue weighted by Crippen LogP contribution is -2.26. The smallest absolute Gasteiger partial charge is 0.167 e. The van der Waals surface area contributed by atoms with Gasteiger partial charge in [0.25, 0.3) is 0 Å². The summed E-state index contributed by atoms with van der Waals surface area (Å²) in [6, 6.07) is 12.4. The van der Waals surface area contributed by atoms with E-state index >= 15 is 0 Å². The van der Waals surface area contributed by atoms with Crippen LogP contribution < -0.4 is 0 Å². The number of Topliss-reactive ketones (excluding diaryl/α,β-unsaturated/α-hetero) is 1. The Balaban J connectivity index is 1.48. The predicted octanol–water partition coefficient (Wildman–Crippen LogP) is 8.35. The van der Waals surface area contributed by atoms with Crippen LogP contribution in [0.4, 0.5) is 0 Å². The molecule has 0 saturated heterocycles. The van der Waals surface area contributed by atoms with Crippen molar-refractivity contribution in [3.05, 3.63) is 63.9 Å². The van der Waals surface area contributed by atoms with Crippen molar-refractivity contribution in [3.63, 3.8) is 0 Å². The van der Waals surface area contributed by atoms with Gasteiger partial charge in [0.05, 0.1) is 11.3 Å². The number of allylic oxidation sites excluding steroid dienone is 2. The SMILES string of the molecule is CC(CC(C)C1CC1)C(=O)c1ccc(C2=C(C#N)c3cc(Cl)ccc3C(C)C(C3CCC3)C2)nc1. The second-order valence-electron chi connectivity index (χ2n) is 11.3. The highest BCUT2D eigenvalue weighted by Crippen LogP contribution is 2.50. The number of carbonyl (C=O) groups is 1. The fourth-order valence-electron chi connectivity index (χ4n) is 6.38. The zero-order chi connectivity index (χ0) is 24.7. The highest BCUT2D eigenvalue weighted by atomic mass is 35.5. The van der Waals surface area contributed by atoms with Gasteiger partial charge in [-0.15, -0.1) is 0 Å². The molecule has 2 aromatic rings. The molecule has 0 amide bonds. The number of pyridine rings is 1. The van der Waals surface area contributed by atoms with E-state index in [-0.39, 0.29) is 11.7 Å². The fourth-order valence-corrected chi connectivity index (χ4v) is 6.55. The monoisotopic (exact) mass is 486 g/mol. The molecule has 2 saturated carbocycles. The van der Waals surface area contributed by atoms with E-state index in [4.69, 9.17) is 16.6 Å². The predicted molar refractivity (Wildman–Crippen MR) is 142 cm³/mol. The first-order valence-electron chi connectivity index (χ1n) is 13.3. The minimum absolute atomic E-state index is 0.00267. The minimum Gasteiger partial charge on any atom is -0.294 e. The molecule has 2 fully saturated rings. The Morgan fingerprint density at radius 1 is 1.17 bits per heavy atom. The Morgan fingerprint density at radius 3 is 2.54 bits per heavy atom. The van der Waals surface area contributed by atoms with Crippen molar-refractivity contribution in [2.45, 2.75) is 71.6 Å². The van der Waals surface area contributed by atoms with Crippen LogP contribution in [0.1, 0.15) is 98.8 Å². The summed E-state index contributed by atoms with van der Waals surface area (Å²) >= 11 is 6.39. The van der Waals surface area contributed by atoms with Crippen molar-refractivity contribution in [1.29, 1.82) is 5.26 Å². The highest BCUT2D eigenvalue weighted by Gasteiger charge is 2.37. The molecular weight excluding hydrogens is 452 g/mol. The normalized spacial score (nSPS) is 24.1. The van der Waals surface area contributed by atoms with E-state index in [1.165, 1.54) is 37.7 Å². The molecule has 0 bridgehead atoms. The van der Waals surface area contributed by atoms with Crippen molar-refractivity contribution in [2.24, 2.45) is 29.6 Å². The second-order valence-corrected chi connectivity index (χ2v) is 11.7. The summed E-state index contributed by atoms with van der Waals surface area (Å²) in [7, 11) is 0. The van der Waals surface area contributed by atoms with Gasteiger partial charge in [0.2, 0.25) is 0 Å². The zero-order valence-corrected chi connectivity index (χ0v) is 21.8. The highest BCUT2D eigenvalue weighted by molar-refractivity contribution is 6.30. The van der Waals surface area contributed by atoms with Gasteiger partial charge in [-0.05, 0) is 96.2 Å². The third-order valence-corrected chi connectivity index (χ3v) is 9.22. The van der Waals surface area contributed by atoms with Gasteiger partial charge in [0, 0.05) is 22.7 Å². The molecule has 4 unspecified atom stereocenters. The summed E-state index contributed by atoms with van der Waals surface area (Å²) in [5.41, 5.74) is 5.30. The topological polar surface area (TPSA) is 53.8 Å². The Bertz CT molecular complexity index is 1180. The maximum absolute atomic E-state index is 13.1. The number of hydrogen-bond acceptors (Lipinski definition) is 3. The minimum atomic E-state index is 0.00267. The van der Waals surface area contributed by atoms with Gasteiger partial charge in [-0.2, -0.15) is 5.26 Å². The Morgan fingerprint density at radius 2 is 1.94 bits per heavy atom. The summed E-state index contributed by atoms with van der Waals surface area (Å²) in [5.74, 6) is 3.08. The number of carbonyl (C=O) groups excluding carboxylic acids is 1. The van der Waals surface area contributed by atoms with Gasteiger partial charge in [-0.3, -0.25) is 9.78 Å². The van der Waals surface area contributed by atoms with Gasteiger partial charge < -0.3 is 0 Å². The molecule has 4 atom stereocenters. The van der Waals surface area contributed by atoms with Crippen LogP contribution in [0, 0.1) is 40.9 Å². The molecule has 0 N–H and O–H groups in total. The number of nitriles is 1. The summed E-state index contributed by atoms with van der Waals surface area (Å²) in [5, 5.41) is 10.9. The van der Waals surface area contributed by atoms with Crippen molar-refractivity contribution < 1.29 is 4.79 Å². The summed E-state index contributed by atoms with van der Waals surface area (Å²) in [4.78, 5) is 17.9. The number of fused-ring (bicyclic) bond motifs is 1. The van der Waals surface area contributed by atoms with E-state index in [0.717, 1.165) is 35.6 Å². The molecule has 3 nitrogen and oxygen atoms in total. The molecule has 1 aromatic carbocycles. The van der Waals surface area contributed by atoms with Gasteiger partial charge in [0.1, 0.15) is 6.07 Å². The summed E-state index contributed by atoms with van der Waals surface area (Å²) in [6.45, 7) is 6.61. The van der Waals surface area contributed by atoms with Gasteiger partial charge in [-0.1, -0.05) is 57.7 Å². The van der Waals surface area contributed by atoms with Gasteiger partial charge in [0.15, 0.2) is 5.78 Å². The number of benzene rings is 1. The van der Waals surface area contributed by atoms with Crippen molar-refractivity contribution in [3.8, 4) is 6.07 Å². The lowest BCUT2D eigenvalue weighted by atomic mass is 9.67. The maximum Gasteiger partial charge on any atom is 0.167 e. The largest absolute Gasteiger partial charge is 0.294 e. The first kappa shape index (κ1) is 24.3. The molecule has 0 aliphatic heterocycles. The standard InChI is InChI=1S/C31H35ClN2O/c1-18(21-7-8-21)13-19(2)31(35)23-9-12-30(34-17-23)28-15-26(22-5-4-6-22)20(3)25-11-10-24(32)14-27(25)29(28)16-33/h9-12,14,17-22,26H,4-8,13,15H2,1-3H3. The molecular formula is C31H35ClN2O. The number of nitrogens with zero attached hydrogens (tertiary/aromatic N) is 2. The average Bonchev–Trinajstić information content (AvgIpc) is 3.67. The van der Waals surface area contributed by atoms with Crippen LogP contribution in [0.15, 0.2) is 36.5 Å². The van der Waals surface area contributed by atoms with E-state index in [9.17, 15) is 10.1 Å². The van der Waals surface area contributed by atoms with E-state index in [0.29, 0.717) is 39.8 Å². The van der Waals surface area contributed by atoms with Crippen molar-refractivity contribution >= 4 is 28.5 Å². The van der Waals surface area contributed by atoms with Crippen LogP contribution in [-0.4, -0.2) is 10.8 Å². The van der Waals surface area contributed by atoms with Crippen LogP contribution in [0.5, 0.6) is 0 Å². The first-order chi connectivity index (χ1) is 16.9. The third-order valence-electron chi connectivity index (χ3n) is 8.98. The lowest BCUT2D eigenvalue weighted by Gasteiger charge is -2.37. The molecule has 5 rings (SSSR count). The molecule has 3 aliphatic carbocycles. The fraction of sp³-hybridized carbons (Fsp3) is 0.516. The van der Waals surface area contributed by atoms with Gasteiger partial charge in [-0.25, -0.2) is 0 Å². The van der Waals surface area contributed by atoms with Crippen LogP contribution in [0.25, 0.3) is 11.1 Å². The average molecular weight is 487 g/mol. The second kappa shape index (κ2) is 9.90. The molecule has 4 heteroatoms. The number of hydrogen-bond donors (Lipinski definition) is 0. The Labute approximate surface area is 214 Å². The van der Waals surface area contributed by atoms with Crippen LogP contribution in [-0.2, 0) is 0 Å². The molecule has 182 valence electrons. The molecule has 0 radical (unpaired) electrons. The van der Waals surface area contributed by atoms with E-state index < -0.39 is 0 Å². The molecule has 3 aliphatic rings. The molecule has 0 spiro atoms. The Kier molecular flexibility index (Phi) is 6.86. The first-order valence-corrected chi connectivity index (χ1v) is 13.7. The van der Waals surface area contributed by atoms with Crippen molar-refractivity contribution in [1.82, 2.24) is 4.98 Å². The quantitative estimate of drug-likeness (QED) is 0.369. The van der Waals surface area contributed by atoms with Crippen LogP contribution >= 0.6 is 11.6 Å². The number of rotatable bonds is 7. The number of halogens is 1. The lowest BCUT2D eigenvalue weighted by molar-refractivity contribution is 0.0910. The summed E-state index contributed by atoms with van der Waals surface area (Å²) in [6.07, 6.45) is 9.91. The third kappa shape index (κ3) is 4.83. The summed E-state index contributed by atoms with van der Waals surface area (Å²) < 4.78 is 0. The van der Waals surface area contributed by atoms with Crippen LogP contribution in [0.3, 0.4) is 0 Å². The molecule has 35 heavy (non-hydrogen) atoms. The van der Waals surface area contributed by atoms with E-state index in [1.54, 1.807) is 6.20 Å². The number of aromatic nitrogens is 1. The van der Waals surface area contributed by atoms with Crippen molar-refractivity contribution in [2.75, 3.05) is 0 Å². The molecule has 1 aromatic heterocycles. The van der Waals surface area contributed by atoms with E-state index in [2.05, 4.69) is 26.0 Å². The van der Waals surface area contributed by atoms with Gasteiger partial charge >= 0.3 is 0 Å². The Hall–Kier alpha value is -2.44. The molecule has 1 heterocycles.